The van der Waals surface area contributed by atoms with Crippen molar-refractivity contribution in [3.63, 3.8) is 0 Å². The van der Waals surface area contributed by atoms with E-state index in [4.69, 9.17) is 4.74 Å². The van der Waals surface area contributed by atoms with Crippen LogP contribution < -0.4 is 0 Å². The van der Waals surface area contributed by atoms with Crippen molar-refractivity contribution in [1.29, 1.82) is 0 Å². The summed E-state index contributed by atoms with van der Waals surface area (Å²) in [4.78, 5) is 0. The number of unbranched alkanes of at least 4 members (excludes halogenated alkanes) is 1. The average Bonchev–Trinajstić information content (AvgIpc) is 2.50. The summed E-state index contributed by atoms with van der Waals surface area (Å²) in [5.41, 5.74) is 1.57. The molecule has 11 heavy (non-hydrogen) atoms. The molecule has 1 heteroatoms. The number of rotatable bonds is 5. The van der Waals surface area contributed by atoms with Gasteiger partial charge in [0, 0.05) is 13.7 Å². The zero-order valence-corrected chi connectivity index (χ0v) is 7.18. The van der Waals surface area contributed by atoms with Crippen molar-refractivity contribution in [1.82, 2.24) is 0 Å². The lowest BCUT2D eigenvalue weighted by Gasteiger charge is -2.00. The predicted octanol–water partition coefficient (Wildman–Crippen LogP) is 2.69. The van der Waals surface area contributed by atoms with Crippen LogP contribution in [-0.4, -0.2) is 13.7 Å². The molecule has 0 bridgehead atoms. The van der Waals surface area contributed by atoms with Crippen molar-refractivity contribution in [3.05, 3.63) is 23.8 Å². The fourth-order valence-corrected chi connectivity index (χ4v) is 1.28. The highest BCUT2D eigenvalue weighted by Gasteiger charge is 1.97. The molecule has 0 spiro atoms. The van der Waals surface area contributed by atoms with Crippen molar-refractivity contribution in [2.45, 2.75) is 25.7 Å². The van der Waals surface area contributed by atoms with Crippen LogP contribution in [0.25, 0.3) is 0 Å². The highest BCUT2D eigenvalue weighted by Crippen LogP contribution is 2.16. The van der Waals surface area contributed by atoms with Gasteiger partial charge >= 0.3 is 0 Å². The summed E-state index contributed by atoms with van der Waals surface area (Å²) in [7, 11) is 1.76. The molecule has 0 aromatic rings. The van der Waals surface area contributed by atoms with Crippen molar-refractivity contribution >= 4 is 0 Å². The third-order valence-corrected chi connectivity index (χ3v) is 1.94. The van der Waals surface area contributed by atoms with Gasteiger partial charge in [-0.2, -0.15) is 0 Å². The summed E-state index contributed by atoms with van der Waals surface area (Å²) in [5, 5.41) is 0. The van der Waals surface area contributed by atoms with Gasteiger partial charge < -0.3 is 4.74 Å². The Balaban J connectivity index is 1.95. The third-order valence-electron chi connectivity index (χ3n) is 1.94. The molecule has 0 aliphatic heterocycles. The highest BCUT2D eigenvalue weighted by molar-refractivity contribution is 5.22. The van der Waals surface area contributed by atoms with Gasteiger partial charge in [-0.15, -0.1) is 0 Å². The Morgan fingerprint density at radius 1 is 1.45 bits per heavy atom. The molecule has 0 saturated carbocycles. The third kappa shape index (κ3) is 3.38. The molecule has 1 aliphatic rings. The lowest BCUT2D eigenvalue weighted by Crippen LogP contribution is -1.88. The van der Waals surface area contributed by atoms with E-state index in [1.54, 1.807) is 12.7 Å². The zero-order chi connectivity index (χ0) is 7.94. The van der Waals surface area contributed by atoms with Gasteiger partial charge in [0.05, 0.1) is 0 Å². The SMILES string of the molecule is COCCCCC1=CC=CC1. The molecule has 1 nitrogen and oxygen atoms in total. The zero-order valence-electron chi connectivity index (χ0n) is 7.18. The molecule has 0 unspecified atom stereocenters. The van der Waals surface area contributed by atoms with Gasteiger partial charge in [-0.05, 0) is 25.7 Å². The molecular formula is C10H16O. The molecule has 0 amide bonds. The summed E-state index contributed by atoms with van der Waals surface area (Å²) in [6, 6.07) is 0. The first-order chi connectivity index (χ1) is 5.43. The quantitative estimate of drug-likeness (QED) is 0.550. The first kappa shape index (κ1) is 8.54. The second kappa shape index (κ2) is 5.14. The van der Waals surface area contributed by atoms with Gasteiger partial charge in [-0.1, -0.05) is 23.8 Å². The lowest BCUT2D eigenvalue weighted by molar-refractivity contribution is 0.193. The van der Waals surface area contributed by atoms with Crippen LogP contribution in [0.4, 0.5) is 0 Å². The van der Waals surface area contributed by atoms with Gasteiger partial charge in [0.15, 0.2) is 0 Å². The van der Waals surface area contributed by atoms with Crippen molar-refractivity contribution in [3.8, 4) is 0 Å². The van der Waals surface area contributed by atoms with Gasteiger partial charge in [0.25, 0.3) is 0 Å². The fourth-order valence-electron chi connectivity index (χ4n) is 1.28. The Labute approximate surface area is 68.8 Å². The van der Waals surface area contributed by atoms with E-state index in [0.29, 0.717) is 0 Å². The van der Waals surface area contributed by atoms with Crippen LogP contribution in [0.3, 0.4) is 0 Å². The maximum Gasteiger partial charge on any atom is 0.0462 e. The summed E-state index contributed by atoms with van der Waals surface area (Å²) in [6.07, 6.45) is 11.5. The van der Waals surface area contributed by atoms with Gasteiger partial charge in [0.1, 0.15) is 0 Å². The Morgan fingerprint density at radius 2 is 2.36 bits per heavy atom. The fraction of sp³-hybridized carbons (Fsp3) is 0.600. The Bertz CT molecular complexity index is 156. The van der Waals surface area contributed by atoms with E-state index in [2.05, 4.69) is 18.2 Å². The van der Waals surface area contributed by atoms with E-state index in [0.717, 1.165) is 6.61 Å². The van der Waals surface area contributed by atoms with Crippen LogP contribution in [0.2, 0.25) is 0 Å². The summed E-state index contributed by atoms with van der Waals surface area (Å²) in [6.45, 7) is 0.903. The largest absolute Gasteiger partial charge is 0.385 e. The molecule has 62 valence electrons. The average molecular weight is 152 g/mol. The molecule has 0 saturated heterocycles. The minimum Gasteiger partial charge on any atom is -0.385 e. The highest BCUT2D eigenvalue weighted by atomic mass is 16.5. The second-order valence-corrected chi connectivity index (χ2v) is 2.91. The Morgan fingerprint density at radius 3 is 3.00 bits per heavy atom. The van der Waals surface area contributed by atoms with E-state index in [9.17, 15) is 0 Å². The molecule has 1 aliphatic carbocycles. The number of hydrogen-bond acceptors (Lipinski definition) is 1. The summed E-state index contributed by atoms with van der Waals surface area (Å²) in [5.74, 6) is 0. The lowest BCUT2D eigenvalue weighted by atomic mass is 10.1. The Kier molecular flexibility index (Phi) is 3.99. The number of allylic oxidation sites excluding steroid dienone is 4. The molecule has 1 rings (SSSR count). The van der Waals surface area contributed by atoms with E-state index in [-0.39, 0.29) is 0 Å². The number of ether oxygens (including phenoxy) is 1. The molecule has 0 radical (unpaired) electrons. The monoisotopic (exact) mass is 152 g/mol. The van der Waals surface area contributed by atoms with Crippen molar-refractivity contribution in [2.24, 2.45) is 0 Å². The topological polar surface area (TPSA) is 9.23 Å². The number of hydrogen-bond donors (Lipinski definition) is 0. The van der Waals surface area contributed by atoms with Crippen LogP contribution in [-0.2, 0) is 4.74 Å². The molecule has 0 aromatic carbocycles. The first-order valence-corrected chi connectivity index (χ1v) is 4.27. The smallest absolute Gasteiger partial charge is 0.0462 e. The van der Waals surface area contributed by atoms with Crippen LogP contribution in [0.5, 0.6) is 0 Å². The summed E-state index contributed by atoms with van der Waals surface area (Å²) >= 11 is 0. The minimum absolute atomic E-state index is 0.903. The van der Waals surface area contributed by atoms with Gasteiger partial charge in [-0.25, -0.2) is 0 Å². The number of methoxy groups -OCH3 is 1. The van der Waals surface area contributed by atoms with Gasteiger partial charge in [-0.3, -0.25) is 0 Å². The van der Waals surface area contributed by atoms with Crippen LogP contribution >= 0.6 is 0 Å². The minimum atomic E-state index is 0.903. The maximum absolute atomic E-state index is 4.97. The molecule has 0 fully saturated rings. The normalized spacial score (nSPS) is 15.5. The molecule has 0 atom stereocenters. The first-order valence-electron chi connectivity index (χ1n) is 4.27. The Hall–Kier alpha value is -0.560. The maximum atomic E-state index is 4.97. The van der Waals surface area contributed by atoms with E-state index in [1.165, 1.54) is 25.7 Å². The van der Waals surface area contributed by atoms with Gasteiger partial charge in [0.2, 0.25) is 0 Å². The van der Waals surface area contributed by atoms with Crippen LogP contribution in [0.1, 0.15) is 25.7 Å². The van der Waals surface area contributed by atoms with E-state index in [1.807, 2.05) is 0 Å². The van der Waals surface area contributed by atoms with E-state index >= 15 is 0 Å². The standard InChI is InChI=1S/C10H16O/c1-11-9-5-4-8-10-6-2-3-7-10/h2-3,6H,4-5,7-9H2,1H3. The van der Waals surface area contributed by atoms with Crippen LogP contribution in [0.15, 0.2) is 23.8 Å². The molecule has 0 heterocycles. The summed E-state index contributed by atoms with van der Waals surface area (Å²) < 4.78 is 4.97. The van der Waals surface area contributed by atoms with Crippen molar-refractivity contribution in [2.75, 3.05) is 13.7 Å². The van der Waals surface area contributed by atoms with Crippen molar-refractivity contribution < 1.29 is 4.74 Å². The molecule has 0 N–H and O–H groups in total. The molecule has 0 aromatic heterocycles. The van der Waals surface area contributed by atoms with E-state index < -0.39 is 0 Å². The second-order valence-electron chi connectivity index (χ2n) is 2.91. The molecular weight excluding hydrogens is 136 g/mol. The predicted molar refractivity (Wildman–Crippen MR) is 47.6 cm³/mol. The van der Waals surface area contributed by atoms with Crippen LogP contribution in [0, 0.1) is 0 Å².